The summed E-state index contributed by atoms with van der Waals surface area (Å²) in [6, 6.07) is 14.7. The summed E-state index contributed by atoms with van der Waals surface area (Å²) >= 11 is 0.777. The van der Waals surface area contributed by atoms with Crippen LogP contribution in [0.5, 0.6) is 5.75 Å². The van der Waals surface area contributed by atoms with Crippen molar-refractivity contribution in [1.29, 1.82) is 5.26 Å². The normalized spacial score (nSPS) is 11.0. The molecule has 1 aromatic heterocycles. The van der Waals surface area contributed by atoms with Gasteiger partial charge in [-0.25, -0.2) is 0 Å². The van der Waals surface area contributed by atoms with Crippen LogP contribution in [0.3, 0.4) is 0 Å². The van der Waals surface area contributed by atoms with Crippen molar-refractivity contribution in [3.05, 3.63) is 71.6 Å². The molecule has 0 aliphatic carbocycles. The highest BCUT2D eigenvalue weighted by Crippen LogP contribution is 2.27. The smallest absolute Gasteiger partial charge is 0.412 e. The predicted molar refractivity (Wildman–Crippen MR) is 120 cm³/mol. The number of hydrogen-bond donors (Lipinski definition) is 2. The van der Waals surface area contributed by atoms with Gasteiger partial charge in [0.2, 0.25) is 5.78 Å². The molecule has 33 heavy (non-hydrogen) atoms. The van der Waals surface area contributed by atoms with Crippen LogP contribution in [0.15, 0.2) is 65.2 Å². The van der Waals surface area contributed by atoms with E-state index in [0.717, 1.165) is 29.1 Å². The zero-order valence-corrected chi connectivity index (χ0v) is 18.7. The van der Waals surface area contributed by atoms with E-state index in [-0.39, 0.29) is 16.7 Å². The van der Waals surface area contributed by atoms with Crippen molar-refractivity contribution in [3.8, 4) is 11.8 Å². The monoisotopic (exact) mass is 481 g/mol. The number of ether oxygens (including phenoxy) is 1. The fourth-order valence-electron chi connectivity index (χ4n) is 2.57. The number of halogens is 3. The van der Waals surface area contributed by atoms with Crippen LogP contribution in [-0.4, -0.2) is 46.2 Å². The van der Waals surface area contributed by atoms with Crippen molar-refractivity contribution in [3.63, 3.8) is 0 Å². The molecule has 0 bridgehead atoms. The molecule has 0 saturated heterocycles. The summed E-state index contributed by atoms with van der Waals surface area (Å²) in [5.41, 5.74) is 1.54. The fourth-order valence-corrected chi connectivity index (χ4v) is 2.82. The second-order valence-corrected chi connectivity index (χ2v) is 7.49. The maximum atomic E-state index is 12.2. The largest absolute Gasteiger partial charge is 0.573 e. The Morgan fingerprint density at radius 3 is 2.33 bits per heavy atom. The number of Topliss-reactive ketones (excluding diaryl/α,β-unsaturated/α-hetero) is 1. The number of nitrogens with one attached hydrogen (secondary N) is 1. The average Bonchev–Trinajstić information content (AvgIpc) is 3.14. The molecule has 0 amide bonds. The zero-order chi connectivity index (χ0) is 23.9. The molecule has 2 aromatic carbocycles. The van der Waals surface area contributed by atoms with E-state index in [1.165, 1.54) is 23.9 Å². The van der Waals surface area contributed by atoms with E-state index in [9.17, 15) is 18.0 Å². The summed E-state index contributed by atoms with van der Waals surface area (Å²) in [5, 5.41) is 9.56. The van der Waals surface area contributed by atoms with Gasteiger partial charge in [-0.15, -0.1) is 13.2 Å². The maximum Gasteiger partial charge on any atom is 0.573 e. The summed E-state index contributed by atoms with van der Waals surface area (Å²) in [6.07, 6.45) is -3.42. The first-order valence-corrected chi connectivity index (χ1v) is 9.89. The number of allylic oxidation sites excluding steroid dienone is 1. The van der Waals surface area contributed by atoms with Gasteiger partial charge in [-0.3, -0.25) is 4.79 Å². The molecule has 0 aliphatic rings. The number of carbonyl (C=O) groups excluding carboxylic acids is 1. The SMILES string of the molecule is CN(C)/C=C(\C#N)C(=O)c1cc2ccc(OC(F)(F)F)cc2[nH]1.Cc1ccc(SO)cc1.O. The van der Waals surface area contributed by atoms with Crippen LogP contribution in [0.2, 0.25) is 0 Å². The molecule has 0 unspecified atom stereocenters. The predicted octanol–water partition coefficient (Wildman–Crippen LogP) is 4.95. The van der Waals surface area contributed by atoms with Gasteiger partial charge >= 0.3 is 6.36 Å². The number of aryl methyl sites for hydroxylation is 1. The second-order valence-electron chi connectivity index (χ2n) is 6.83. The van der Waals surface area contributed by atoms with E-state index in [1.807, 2.05) is 31.2 Å². The average molecular weight is 481 g/mol. The number of alkyl halides is 3. The molecule has 0 radical (unpaired) electrons. The maximum absolute atomic E-state index is 12.2. The molecule has 0 atom stereocenters. The minimum Gasteiger partial charge on any atom is -0.412 e. The number of carbonyl (C=O) groups is 1. The first-order chi connectivity index (χ1) is 15.0. The Bertz CT molecular complexity index is 1150. The van der Waals surface area contributed by atoms with Gasteiger partial charge < -0.3 is 24.6 Å². The Hall–Kier alpha value is -3.46. The Morgan fingerprint density at radius 2 is 1.82 bits per heavy atom. The van der Waals surface area contributed by atoms with Crippen molar-refractivity contribution in [1.82, 2.24) is 9.88 Å². The topological polar surface area (TPSA) is 121 Å². The number of hydrogen-bond acceptors (Lipinski definition) is 6. The molecular formula is C22H22F3N3O4S. The fraction of sp³-hybridized carbons (Fsp3) is 0.182. The molecule has 0 spiro atoms. The lowest BCUT2D eigenvalue weighted by molar-refractivity contribution is -0.274. The third-order valence-corrected chi connectivity index (χ3v) is 4.43. The van der Waals surface area contributed by atoms with E-state index in [2.05, 4.69) is 9.72 Å². The standard InChI is InChI=1S/C15H12F3N3O2.C7H8OS.H2O/c1-21(2)8-10(7-19)14(22)13-5-9-3-4-11(6-12(9)20-13)23-15(16,17)18;1-6-2-4-7(9-8)5-3-6;/h3-6,8,20H,1-2H3;2-5,8H,1H3;1H2/b10-8+;;. The van der Waals surface area contributed by atoms with Crippen LogP contribution in [0.1, 0.15) is 16.1 Å². The van der Waals surface area contributed by atoms with Crippen LogP contribution >= 0.6 is 12.0 Å². The van der Waals surface area contributed by atoms with Gasteiger partial charge in [0, 0.05) is 54.2 Å². The molecule has 11 heteroatoms. The van der Waals surface area contributed by atoms with Gasteiger partial charge in [0.1, 0.15) is 17.4 Å². The lowest BCUT2D eigenvalue weighted by Gasteiger charge is -2.08. The first-order valence-electron chi connectivity index (χ1n) is 9.12. The Morgan fingerprint density at radius 1 is 1.18 bits per heavy atom. The number of fused-ring (bicyclic) bond motifs is 1. The van der Waals surface area contributed by atoms with Gasteiger partial charge in [0.25, 0.3) is 0 Å². The number of rotatable bonds is 5. The molecular weight excluding hydrogens is 459 g/mol. The molecule has 0 aliphatic heterocycles. The van der Waals surface area contributed by atoms with E-state index >= 15 is 0 Å². The number of aromatic nitrogens is 1. The molecule has 3 rings (SSSR count). The second kappa shape index (κ2) is 12.0. The number of nitrogens with zero attached hydrogens (tertiary/aromatic N) is 2. The highest BCUT2D eigenvalue weighted by atomic mass is 32.2. The van der Waals surface area contributed by atoms with Crippen LogP contribution in [-0.2, 0) is 0 Å². The molecule has 0 fully saturated rings. The minimum atomic E-state index is -4.79. The van der Waals surface area contributed by atoms with Gasteiger partial charge in [-0.1, -0.05) is 17.7 Å². The lowest BCUT2D eigenvalue weighted by Crippen LogP contribution is -2.16. The van der Waals surface area contributed by atoms with Crippen molar-refractivity contribution >= 4 is 28.7 Å². The van der Waals surface area contributed by atoms with Crippen LogP contribution < -0.4 is 4.74 Å². The quantitative estimate of drug-likeness (QED) is 0.230. The van der Waals surface area contributed by atoms with E-state index in [1.54, 1.807) is 25.1 Å². The van der Waals surface area contributed by atoms with E-state index < -0.39 is 17.9 Å². The highest BCUT2D eigenvalue weighted by molar-refractivity contribution is 7.93. The van der Waals surface area contributed by atoms with E-state index in [4.69, 9.17) is 9.81 Å². The summed E-state index contributed by atoms with van der Waals surface area (Å²) in [6.45, 7) is 2.02. The third kappa shape index (κ3) is 8.53. The van der Waals surface area contributed by atoms with Crippen LogP contribution in [0.4, 0.5) is 13.2 Å². The molecule has 7 nitrogen and oxygen atoms in total. The highest BCUT2D eigenvalue weighted by Gasteiger charge is 2.31. The first kappa shape index (κ1) is 27.6. The Kier molecular flexibility index (Phi) is 9.99. The number of aromatic amines is 1. The summed E-state index contributed by atoms with van der Waals surface area (Å²) in [7, 11) is 3.33. The Labute approximate surface area is 192 Å². The van der Waals surface area contributed by atoms with Crippen molar-refractivity contribution in [2.24, 2.45) is 0 Å². The number of ketones is 1. The van der Waals surface area contributed by atoms with Crippen molar-refractivity contribution < 1.29 is 32.7 Å². The van der Waals surface area contributed by atoms with Crippen LogP contribution in [0.25, 0.3) is 10.9 Å². The zero-order valence-electron chi connectivity index (χ0n) is 17.9. The lowest BCUT2D eigenvalue weighted by atomic mass is 10.1. The molecule has 1 heterocycles. The van der Waals surface area contributed by atoms with Crippen LogP contribution in [0, 0.1) is 18.3 Å². The number of H-pyrrole nitrogens is 1. The van der Waals surface area contributed by atoms with Crippen molar-refractivity contribution in [2.45, 2.75) is 18.2 Å². The molecule has 176 valence electrons. The van der Waals surface area contributed by atoms with Gasteiger partial charge in [0.05, 0.1) is 5.69 Å². The summed E-state index contributed by atoms with van der Waals surface area (Å²) < 4.78 is 49.0. The number of nitriles is 1. The van der Waals surface area contributed by atoms with Crippen molar-refractivity contribution in [2.75, 3.05) is 14.1 Å². The molecule has 4 N–H and O–H groups in total. The molecule has 0 saturated carbocycles. The summed E-state index contributed by atoms with van der Waals surface area (Å²) in [5.74, 6) is -0.939. The van der Waals surface area contributed by atoms with E-state index in [0.29, 0.717) is 10.9 Å². The minimum absolute atomic E-state index is 0. The van der Waals surface area contributed by atoms with Gasteiger partial charge in [0.15, 0.2) is 0 Å². The van der Waals surface area contributed by atoms with Gasteiger partial charge in [-0.05, 0) is 37.3 Å². The van der Waals surface area contributed by atoms with Gasteiger partial charge in [-0.2, -0.15) is 5.26 Å². The Balaban J connectivity index is 0.000000458. The summed E-state index contributed by atoms with van der Waals surface area (Å²) in [4.78, 5) is 17.4. The number of benzene rings is 2. The molecule has 3 aromatic rings. The third-order valence-electron chi connectivity index (χ3n) is 3.95.